The van der Waals surface area contributed by atoms with Gasteiger partial charge in [0.05, 0.1) is 11.1 Å². The smallest absolute Gasteiger partial charge is 0.343 e. The highest BCUT2D eigenvalue weighted by molar-refractivity contribution is 6.00. The molecule has 0 radical (unpaired) electrons. The Bertz CT molecular complexity index is 1350. The van der Waals surface area contributed by atoms with Gasteiger partial charge in [-0.1, -0.05) is 111 Å². The Labute approximate surface area is 237 Å². The lowest BCUT2D eigenvalue weighted by Gasteiger charge is -2.17. The van der Waals surface area contributed by atoms with E-state index in [9.17, 15) is 9.59 Å². The molecule has 0 fully saturated rings. The van der Waals surface area contributed by atoms with Crippen LogP contribution in [0.15, 0.2) is 97.1 Å². The molecule has 4 aromatic rings. The van der Waals surface area contributed by atoms with Crippen LogP contribution in [-0.2, 0) is 22.3 Å². The first kappa shape index (κ1) is 28.6. The number of hydrogen-bond acceptors (Lipinski definition) is 4. The van der Waals surface area contributed by atoms with Gasteiger partial charge in [0, 0.05) is 11.1 Å². The molecule has 0 spiro atoms. The van der Waals surface area contributed by atoms with E-state index in [-0.39, 0.29) is 11.5 Å². The maximum Gasteiger partial charge on any atom is 0.343 e. The minimum absolute atomic E-state index is 0.183. The SMILES string of the molecule is CCCc1ccc(C(=O)OC(=C(OC(=O)c2ccc(CCC)cc2)c2ccc(C)cc2)c2ccc(C)cc2)cc1. The summed E-state index contributed by atoms with van der Waals surface area (Å²) in [4.78, 5) is 26.8. The quantitative estimate of drug-likeness (QED) is 0.116. The predicted octanol–water partition coefficient (Wildman–Crippen LogP) is 8.75. The highest BCUT2D eigenvalue weighted by Crippen LogP contribution is 2.31. The molecule has 4 nitrogen and oxygen atoms in total. The minimum Gasteiger partial charge on any atom is -0.418 e. The summed E-state index contributed by atoms with van der Waals surface area (Å²) in [5.74, 6) is -0.684. The van der Waals surface area contributed by atoms with Gasteiger partial charge in [-0.05, 0) is 62.1 Å². The topological polar surface area (TPSA) is 52.6 Å². The van der Waals surface area contributed by atoms with Crippen molar-refractivity contribution in [1.29, 1.82) is 0 Å². The number of esters is 2. The van der Waals surface area contributed by atoms with Gasteiger partial charge in [0.2, 0.25) is 0 Å². The van der Waals surface area contributed by atoms with Gasteiger partial charge in [0.25, 0.3) is 0 Å². The second-order valence-corrected chi connectivity index (χ2v) is 10.1. The van der Waals surface area contributed by atoms with Crippen LogP contribution in [-0.4, -0.2) is 11.9 Å². The van der Waals surface area contributed by atoms with Crippen LogP contribution in [0.5, 0.6) is 0 Å². The van der Waals surface area contributed by atoms with E-state index in [0.717, 1.165) is 47.9 Å². The molecule has 0 unspecified atom stereocenters. The number of carbonyl (C=O) groups is 2. The molecule has 0 amide bonds. The molecule has 0 heterocycles. The summed E-state index contributed by atoms with van der Waals surface area (Å²) < 4.78 is 12.1. The van der Waals surface area contributed by atoms with Crippen molar-refractivity contribution in [2.24, 2.45) is 0 Å². The summed E-state index contributed by atoms with van der Waals surface area (Å²) in [5.41, 5.74) is 6.53. The molecule has 4 aromatic carbocycles. The summed E-state index contributed by atoms with van der Waals surface area (Å²) in [6.45, 7) is 8.21. The maximum atomic E-state index is 13.4. The first-order valence-corrected chi connectivity index (χ1v) is 13.9. The minimum atomic E-state index is -0.525. The van der Waals surface area contributed by atoms with Crippen molar-refractivity contribution < 1.29 is 19.1 Å². The molecule has 0 atom stereocenters. The molecule has 0 saturated carbocycles. The van der Waals surface area contributed by atoms with E-state index >= 15 is 0 Å². The number of carbonyl (C=O) groups excluding carboxylic acids is 2. The Morgan fingerprint density at radius 2 is 0.775 bits per heavy atom. The average molecular weight is 533 g/mol. The van der Waals surface area contributed by atoms with Crippen LogP contribution in [0, 0.1) is 13.8 Å². The fraction of sp³-hybridized carbons (Fsp3) is 0.222. The van der Waals surface area contributed by atoms with Gasteiger partial charge < -0.3 is 9.47 Å². The van der Waals surface area contributed by atoms with E-state index in [4.69, 9.17) is 9.47 Å². The monoisotopic (exact) mass is 532 g/mol. The molecule has 0 aliphatic rings. The lowest BCUT2D eigenvalue weighted by Crippen LogP contribution is -2.11. The van der Waals surface area contributed by atoms with E-state index in [1.807, 2.05) is 86.6 Å². The zero-order chi connectivity index (χ0) is 28.5. The van der Waals surface area contributed by atoms with Gasteiger partial charge in [-0.3, -0.25) is 0 Å². The summed E-state index contributed by atoms with van der Waals surface area (Å²) in [6.07, 6.45) is 3.93. The fourth-order valence-corrected chi connectivity index (χ4v) is 4.38. The molecule has 0 saturated heterocycles. The maximum absolute atomic E-state index is 13.4. The normalized spacial score (nSPS) is 11.5. The van der Waals surface area contributed by atoms with Crippen LogP contribution in [0.4, 0.5) is 0 Å². The van der Waals surface area contributed by atoms with Gasteiger partial charge in [-0.25, -0.2) is 9.59 Å². The van der Waals surface area contributed by atoms with Crippen LogP contribution >= 0.6 is 0 Å². The third-order valence-corrected chi connectivity index (χ3v) is 6.68. The molecule has 0 aromatic heterocycles. The number of hydrogen-bond donors (Lipinski definition) is 0. The van der Waals surface area contributed by atoms with E-state index in [1.165, 1.54) is 0 Å². The predicted molar refractivity (Wildman–Crippen MR) is 161 cm³/mol. The lowest BCUT2D eigenvalue weighted by molar-refractivity contribution is 0.0646. The van der Waals surface area contributed by atoms with Crippen LogP contribution in [0.1, 0.15) is 80.8 Å². The van der Waals surface area contributed by atoms with E-state index in [2.05, 4.69) is 13.8 Å². The molecule has 0 N–H and O–H groups in total. The van der Waals surface area contributed by atoms with Crippen molar-refractivity contribution >= 4 is 23.5 Å². The van der Waals surface area contributed by atoms with Crippen LogP contribution in [0.25, 0.3) is 11.5 Å². The Balaban J connectivity index is 1.78. The molecule has 0 bridgehead atoms. The second-order valence-electron chi connectivity index (χ2n) is 10.1. The van der Waals surface area contributed by atoms with Gasteiger partial charge in [-0.15, -0.1) is 0 Å². The van der Waals surface area contributed by atoms with E-state index < -0.39 is 11.9 Å². The molecule has 0 aliphatic carbocycles. The van der Waals surface area contributed by atoms with Gasteiger partial charge in [-0.2, -0.15) is 0 Å². The van der Waals surface area contributed by atoms with Crippen LogP contribution < -0.4 is 0 Å². The zero-order valence-corrected chi connectivity index (χ0v) is 23.7. The van der Waals surface area contributed by atoms with Crippen molar-refractivity contribution in [3.63, 3.8) is 0 Å². The first-order valence-electron chi connectivity index (χ1n) is 13.9. The van der Waals surface area contributed by atoms with Crippen molar-refractivity contribution in [1.82, 2.24) is 0 Å². The highest BCUT2D eigenvalue weighted by atomic mass is 16.6. The third kappa shape index (κ3) is 7.35. The summed E-state index contributed by atoms with van der Waals surface area (Å²) >= 11 is 0. The molecular weight excluding hydrogens is 496 g/mol. The Morgan fingerprint density at radius 1 is 0.475 bits per heavy atom. The number of benzene rings is 4. The van der Waals surface area contributed by atoms with Crippen LogP contribution in [0.3, 0.4) is 0 Å². The summed E-state index contributed by atoms with van der Waals surface area (Å²) in [5, 5.41) is 0. The molecule has 4 rings (SSSR count). The van der Waals surface area contributed by atoms with Crippen molar-refractivity contribution in [2.45, 2.75) is 53.4 Å². The van der Waals surface area contributed by atoms with E-state index in [1.54, 1.807) is 24.3 Å². The Morgan fingerprint density at radius 3 is 1.07 bits per heavy atom. The number of rotatable bonds is 10. The van der Waals surface area contributed by atoms with Crippen molar-refractivity contribution in [3.05, 3.63) is 142 Å². The average Bonchev–Trinajstić information content (AvgIpc) is 2.97. The first-order chi connectivity index (χ1) is 19.4. The zero-order valence-electron chi connectivity index (χ0n) is 23.7. The molecule has 40 heavy (non-hydrogen) atoms. The highest BCUT2D eigenvalue weighted by Gasteiger charge is 2.23. The third-order valence-electron chi connectivity index (χ3n) is 6.68. The summed E-state index contributed by atoms with van der Waals surface area (Å²) in [7, 11) is 0. The molecular formula is C36H36O4. The largest absolute Gasteiger partial charge is 0.418 e. The standard InChI is InChI=1S/C36H36O4/c1-5-7-27-13-21-31(22-14-27)35(37)39-33(29-17-9-25(3)10-18-29)34(30-19-11-26(4)12-20-30)40-36(38)32-23-15-28(8-6-2)16-24-32/h9-24H,5-8H2,1-4H3. The van der Waals surface area contributed by atoms with Gasteiger partial charge in [0.1, 0.15) is 0 Å². The van der Waals surface area contributed by atoms with E-state index in [0.29, 0.717) is 22.3 Å². The molecule has 4 heteroatoms. The van der Waals surface area contributed by atoms with Crippen molar-refractivity contribution in [3.8, 4) is 0 Å². The lowest BCUT2D eigenvalue weighted by atomic mass is 10.0. The van der Waals surface area contributed by atoms with Crippen molar-refractivity contribution in [2.75, 3.05) is 0 Å². The summed E-state index contributed by atoms with van der Waals surface area (Å²) in [6, 6.07) is 30.1. The fourth-order valence-electron chi connectivity index (χ4n) is 4.38. The van der Waals surface area contributed by atoms with Gasteiger partial charge >= 0.3 is 11.9 Å². The molecule has 0 aliphatic heterocycles. The van der Waals surface area contributed by atoms with Gasteiger partial charge in [0.15, 0.2) is 11.5 Å². The number of ether oxygens (including phenoxy) is 2. The number of aryl methyl sites for hydroxylation is 4. The Kier molecular flexibility index (Phi) is 9.69. The Hall–Kier alpha value is -4.44. The molecule has 204 valence electrons. The second kappa shape index (κ2) is 13.6. The van der Waals surface area contributed by atoms with Crippen LogP contribution in [0.2, 0.25) is 0 Å².